The Hall–Kier alpha value is -2.92. The molecule has 3 N–H and O–H groups in total. The highest BCUT2D eigenvalue weighted by Crippen LogP contribution is 2.29. The van der Waals surface area contributed by atoms with Crippen molar-refractivity contribution in [2.75, 3.05) is 23.8 Å². The summed E-state index contributed by atoms with van der Waals surface area (Å²) in [7, 11) is 0. The van der Waals surface area contributed by atoms with Crippen LogP contribution in [0, 0.1) is 5.82 Å². The van der Waals surface area contributed by atoms with E-state index in [0.29, 0.717) is 15.7 Å². The van der Waals surface area contributed by atoms with Crippen molar-refractivity contribution in [1.29, 1.82) is 0 Å². The number of anilines is 3. The Bertz CT molecular complexity index is 1030. The van der Waals surface area contributed by atoms with Crippen LogP contribution in [-0.2, 0) is 0 Å². The van der Waals surface area contributed by atoms with Gasteiger partial charge in [0.05, 0.1) is 16.8 Å². The molecule has 158 valence electrons. The summed E-state index contributed by atoms with van der Waals surface area (Å²) >= 11 is 3.07. The third kappa shape index (κ3) is 6.04. The Kier molecular flexibility index (Phi) is 6.73. The first kappa shape index (κ1) is 21.8. The number of nitrogens with one attached hydrogen (secondary N) is 2. The van der Waals surface area contributed by atoms with Gasteiger partial charge >= 0.3 is 6.36 Å². The molecule has 11 heteroatoms. The van der Waals surface area contributed by atoms with Crippen molar-refractivity contribution in [2.24, 2.45) is 0 Å². The number of ether oxygens (including phenoxy) is 1. The fourth-order valence-corrected chi connectivity index (χ4v) is 2.73. The molecule has 0 aliphatic rings. The number of benzene rings is 2. The molecule has 30 heavy (non-hydrogen) atoms. The fraction of sp³-hybridized carbons (Fsp3) is 0.158. The summed E-state index contributed by atoms with van der Waals surface area (Å²) in [6.07, 6.45) is -4.82. The van der Waals surface area contributed by atoms with Gasteiger partial charge in [0.15, 0.2) is 0 Å². The normalized spacial score (nSPS) is 11.3. The van der Waals surface area contributed by atoms with Crippen LogP contribution in [0.2, 0.25) is 0 Å². The van der Waals surface area contributed by atoms with Crippen LogP contribution in [0.25, 0.3) is 11.3 Å². The van der Waals surface area contributed by atoms with Crippen molar-refractivity contribution in [3.63, 3.8) is 0 Å². The third-order valence-corrected chi connectivity index (χ3v) is 4.32. The van der Waals surface area contributed by atoms with Gasteiger partial charge in [-0.3, -0.25) is 0 Å². The second kappa shape index (κ2) is 9.26. The van der Waals surface area contributed by atoms with E-state index in [1.54, 1.807) is 12.1 Å². The lowest BCUT2D eigenvalue weighted by atomic mass is 10.1. The van der Waals surface area contributed by atoms with Crippen molar-refractivity contribution in [2.45, 2.75) is 6.36 Å². The summed E-state index contributed by atoms with van der Waals surface area (Å²) in [5, 5.41) is 14.7. The Balaban J connectivity index is 1.96. The molecule has 1 heterocycles. The van der Waals surface area contributed by atoms with Crippen molar-refractivity contribution in [3.05, 3.63) is 58.8 Å². The average molecular weight is 487 g/mol. The molecule has 0 atom stereocenters. The highest BCUT2D eigenvalue weighted by Gasteiger charge is 2.31. The van der Waals surface area contributed by atoms with E-state index >= 15 is 0 Å². The standard InChI is InChI=1S/C19H15BrF4N4O2/c20-14-5-4-12(9-15(14)21)26-17-10-16(27-18(28-17)25-6-7-29)11-2-1-3-13(8-11)30-19(22,23)24/h1-5,8-10,29H,6-7H2,(H2,25,26,27,28). The average Bonchev–Trinajstić information content (AvgIpc) is 2.68. The summed E-state index contributed by atoms with van der Waals surface area (Å²) in [4.78, 5) is 8.50. The number of aliphatic hydroxyl groups excluding tert-OH is 1. The molecule has 0 spiro atoms. The van der Waals surface area contributed by atoms with Gasteiger partial charge in [-0.25, -0.2) is 9.37 Å². The molecule has 0 unspecified atom stereocenters. The lowest BCUT2D eigenvalue weighted by Crippen LogP contribution is -2.17. The maximum Gasteiger partial charge on any atom is 0.573 e. The first-order chi connectivity index (χ1) is 14.2. The molecule has 1 aromatic heterocycles. The number of hydrogen-bond acceptors (Lipinski definition) is 6. The monoisotopic (exact) mass is 486 g/mol. The van der Waals surface area contributed by atoms with Crippen LogP contribution < -0.4 is 15.4 Å². The van der Waals surface area contributed by atoms with Gasteiger partial charge < -0.3 is 20.5 Å². The molecule has 0 amide bonds. The number of aromatic nitrogens is 2. The number of halogens is 5. The Morgan fingerprint density at radius 1 is 1.07 bits per heavy atom. The molecule has 0 fully saturated rings. The van der Waals surface area contributed by atoms with Crippen molar-refractivity contribution in [1.82, 2.24) is 9.97 Å². The molecule has 0 saturated heterocycles. The number of rotatable bonds is 7. The van der Waals surface area contributed by atoms with Crippen LogP contribution in [-0.4, -0.2) is 34.6 Å². The molecular weight excluding hydrogens is 472 g/mol. The van der Waals surface area contributed by atoms with Gasteiger partial charge in [0.1, 0.15) is 17.4 Å². The predicted octanol–water partition coefficient (Wildman–Crippen LogP) is 5.09. The van der Waals surface area contributed by atoms with Crippen molar-refractivity contribution >= 4 is 33.4 Å². The molecule has 0 bridgehead atoms. The van der Waals surface area contributed by atoms with Gasteiger partial charge in [-0.2, -0.15) is 4.98 Å². The maximum atomic E-state index is 13.8. The van der Waals surface area contributed by atoms with Crippen LogP contribution in [0.1, 0.15) is 0 Å². The summed E-state index contributed by atoms with van der Waals surface area (Å²) < 4.78 is 55.6. The molecule has 0 radical (unpaired) electrons. The predicted molar refractivity (Wildman–Crippen MR) is 107 cm³/mol. The zero-order chi connectivity index (χ0) is 21.7. The van der Waals surface area contributed by atoms with Gasteiger partial charge in [-0.15, -0.1) is 13.2 Å². The number of alkyl halides is 3. The smallest absolute Gasteiger partial charge is 0.406 e. The Morgan fingerprint density at radius 3 is 2.57 bits per heavy atom. The fourth-order valence-electron chi connectivity index (χ4n) is 2.48. The molecule has 3 aromatic rings. The molecule has 6 nitrogen and oxygen atoms in total. The first-order valence-electron chi connectivity index (χ1n) is 8.55. The summed E-state index contributed by atoms with van der Waals surface area (Å²) in [5.41, 5.74) is 1.04. The highest BCUT2D eigenvalue weighted by molar-refractivity contribution is 9.10. The first-order valence-corrected chi connectivity index (χ1v) is 9.35. The molecule has 0 saturated carbocycles. The van der Waals surface area contributed by atoms with E-state index in [-0.39, 0.29) is 30.6 Å². The summed E-state index contributed by atoms with van der Waals surface area (Å²) in [6.45, 7) is -0.0176. The Morgan fingerprint density at radius 2 is 1.87 bits per heavy atom. The summed E-state index contributed by atoms with van der Waals surface area (Å²) in [6, 6.07) is 11.2. The van der Waals surface area contributed by atoms with E-state index < -0.39 is 17.9 Å². The third-order valence-electron chi connectivity index (χ3n) is 3.68. The van der Waals surface area contributed by atoms with E-state index in [4.69, 9.17) is 5.11 Å². The van der Waals surface area contributed by atoms with Crippen molar-refractivity contribution in [3.8, 4) is 17.0 Å². The van der Waals surface area contributed by atoms with Gasteiger partial charge in [0.2, 0.25) is 5.95 Å². The number of hydrogen-bond donors (Lipinski definition) is 3. The number of aliphatic hydroxyl groups is 1. The van der Waals surface area contributed by atoms with Crippen LogP contribution in [0.3, 0.4) is 0 Å². The second-order valence-electron chi connectivity index (χ2n) is 5.94. The second-order valence-corrected chi connectivity index (χ2v) is 6.80. The highest BCUT2D eigenvalue weighted by atomic mass is 79.9. The zero-order valence-electron chi connectivity index (χ0n) is 15.2. The van der Waals surface area contributed by atoms with Crippen LogP contribution in [0.15, 0.2) is 53.0 Å². The van der Waals surface area contributed by atoms with E-state index in [2.05, 4.69) is 41.3 Å². The van der Waals surface area contributed by atoms with Gasteiger partial charge in [0, 0.05) is 23.9 Å². The zero-order valence-corrected chi connectivity index (χ0v) is 16.8. The summed E-state index contributed by atoms with van der Waals surface area (Å²) in [5.74, 6) is -0.481. The minimum absolute atomic E-state index is 0.128. The van der Waals surface area contributed by atoms with E-state index in [1.807, 2.05) is 0 Å². The number of nitrogens with zero attached hydrogens (tertiary/aromatic N) is 2. The van der Waals surface area contributed by atoms with Crippen LogP contribution in [0.5, 0.6) is 5.75 Å². The quantitative estimate of drug-likeness (QED) is 0.403. The lowest BCUT2D eigenvalue weighted by Gasteiger charge is -2.13. The topological polar surface area (TPSA) is 79.3 Å². The van der Waals surface area contributed by atoms with E-state index in [0.717, 1.165) is 0 Å². The van der Waals surface area contributed by atoms with Gasteiger partial charge in [-0.1, -0.05) is 12.1 Å². The molecule has 0 aliphatic carbocycles. The van der Waals surface area contributed by atoms with E-state index in [1.165, 1.54) is 36.4 Å². The largest absolute Gasteiger partial charge is 0.573 e. The maximum absolute atomic E-state index is 13.8. The SMILES string of the molecule is OCCNc1nc(Nc2ccc(Br)c(F)c2)cc(-c2cccc(OC(F)(F)F)c2)n1. The molecule has 2 aromatic carbocycles. The molecular formula is C19H15BrF4N4O2. The Labute approximate surface area is 177 Å². The van der Waals surface area contributed by atoms with Gasteiger partial charge in [-0.05, 0) is 46.3 Å². The minimum Gasteiger partial charge on any atom is -0.406 e. The van der Waals surface area contributed by atoms with Crippen LogP contribution in [0.4, 0.5) is 35.0 Å². The van der Waals surface area contributed by atoms with Crippen molar-refractivity contribution < 1.29 is 27.4 Å². The molecule has 0 aliphatic heterocycles. The van der Waals surface area contributed by atoms with E-state index in [9.17, 15) is 17.6 Å². The molecule has 3 rings (SSSR count). The van der Waals surface area contributed by atoms with Crippen LogP contribution >= 0.6 is 15.9 Å². The minimum atomic E-state index is -4.82. The lowest BCUT2D eigenvalue weighted by molar-refractivity contribution is -0.274. The van der Waals surface area contributed by atoms with Gasteiger partial charge in [0.25, 0.3) is 0 Å².